The smallest absolute Gasteiger partial charge is 0.270 e. The molecule has 1 aliphatic heterocycles. The summed E-state index contributed by atoms with van der Waals surface area (Å²) in [5.41, 5.74) is 3.12. The standard InChI is InChI=1S/C21H20N6O.C6H5F.C2H6/c1-14-12-22-19-8-9-20(25-27(14)19)26-11-10-16(13-26)23-21(28)18-7-6-15-4-2-3-5-17(15)24-18;7-6-4-2-1-3-5-6;1-2/h2-9,12,16H,10-11,13H2,1H3,(H,23,28);1-5H;1-2H3/t16-;;/m0../s1. The van der Waals surface area contributed by atoms with Crippen molar-refractivity contribution in [1.29, 1.82) is 0 Å². The molecule has 190 valence electrons. The van der Waals surface area contributed by atoms with E-state index in [4.69, 9.17) is 0 Å². The number of aryl methyl sites for hydroxylation is 1. The highest BCUT2D eigenvalue weighted by Gasteiger charge is 2.26. The van der Waals surface area contributed by atoms with E-state index in [2.05, 4.69) is 25.3 Å². The molecule has 0 aliphatic carbocycles. The molecule has 7 nitrogen and oxygen atoms in total. The van der Waals surface area contributed by atoms with Crippen LogP contribution in [0.15, 0.2) is 85.1 Å². The molecule has 2 aromatic carbocycles. The van der Waals surface area contributed by atoms with E-state index in [1.54, 1.807) is 24.3 Å². The first-order valence-electron chi connectivity index (χ1n) is 12.5. The van der Waals surface area contributed by atoms with Gasteiger partial charge in [-0.05, 0) is 49.7 Å². The van der Waals surface area contributed by atoms with Crippen molar-refractivity contribution >= 4 is 28.3 Å². The average molecular weight is 499 g/mol. The van der Waals surface area contributed by atoms with Crippen LogP contribution < -0.4 is 10.2 Å². The largest absolute Gasteiger partial charge is 0.353 e. The molecule has 0 bridgehead atoms. The zero-order chi connectivity index (χ0) is 26.2. The lowest BCUT2D eigenvalue weighted by Gasteiger charge is -2.18. The van der Waals surface area contributed by atoms with Gasteiger partial charge >= 0.3 is 0 Å². The number of pyridine rings is 1. The van der Waals surface area contributed by atoms with E-state index in [-0.39, 0.29) is 17.8 Å². The number of para-hydroxylation sites is 1. The van der Waals surface area contributed by atoms with Crippen LogP contribution in [0.25, 0.3) is 16.6 Å². The Morgan fingerprint density at radius 2 is 1.73 bits per heavy atom. The number of imidazole rings is 1. The maximum Gasteiger partial charge on any atom is 0.270 e. The Morgan fingerprint density at radius 1 is 0.973 bits per heavy atom. The van der Waals surface area contributed by atoms with Crippen LogP contribution in [-0.4, -0.2) is 44.6 Å². The van der Waals surface area contributed by atoms with Crippen LogP contribution in [0.3, 0.4) is 0 Å². The van der Waals surface area contributed by atoms with E-state index in [1.807, 2.05) is 73.9 Å². The van der Waals surface area contributed by atoms with Crippen LogP contribution in [0.1, 0.15) is 36.5 Å². The van der Waals surface area contributed by atoms with Gasteiger partial charge < -0.3 is 10.2 Å². The van der Waals surface area contributed by atoms with Gasteiger partial charge in [-0.15, -0.1) is 5.10 Å². The molecule has 3 aromatic heterocycles. The third-order valence-electron chi connectivity index (χ3n) is 5.93. The highest BCUT2D eigenvalue weighted by atomic mass is 19.1. The van der Waals surface area contributed by atoms with Crippen LogP contribution in [-0.2, 0) is 0 Å². The number of fused-ring (bicyclic) bond motifs is 2. The Kier molecular flexibility index (Phi) is 8.40. The van der Waals surface area contributed by atoms with Gasteiger partial charge in [0, 0.05) is 24.5 Å². The molecule has 5 aromatic rings. The number of benzene rings is 2. The zero-order valence-corrected chi connectivity index (χ0v) is 21.3. The molecule has 1 N–H and O–H groups in total. The summed E-state index contributed by atoms with van der Waals surface area (Å²) in [5, 5.41) is 8.82. The Morgan fingerprint density at radius 3 is 2.49 bits per heavy atom. The molecular weight excluding hydrogens is 467 g/mol. The lowest BCUT2D eigenvalue weighted by atomic mass is 10.2. The number of nitrogens with zero attached hydrogens (tertiary/aromatic N) is 5. The number of nitrogens with one attached hydrogen (secondary N) is 1. The van der Waals surface area contributed by atoms with E-state index < -0.39 is 0 Å². The summed E-state index contributed by atoms with van der Waals surface area (Å²) >= 11 is 0. The third-order valence-corrected chi connectivity index (χ3v) is 5.93. The molecule has 1 aliphatic rings. The monoisotopic (exact) mass is 498 g/mol. The van der Waals surface area contributed by atoms with Crippen molar-refractivity contribution in [3.8, 4) is 0 Å². The molecule has 0 unspecified atom stereocenters. The Balaban J connectivity index is 0.000000305. The van der Waals surface area contributed by atoms with Gasteiger partial charge in [0.25, 0.3) is 5.91 Å². The third kappa shape index (κ3) is 6.27. The van der Waals surface area contributed by atoms with Crippen molar-refractivity contribution in [3.05, 3.63) is 102 Å². The predicted molar refractivity (Wildman–Crippen MR) is 145 cm³/mol. The topological polar surface area (TPSA) is 75.4 Å². The Hall–Kier alpha value is -4.33. The lowest BCUT2D eigenvalue weighted by molar-refractivity contribution is 0.0935. The Labute approximate surface area is 216 Å². The normalized spacial score (nSPS) is 14.5. The van der Waals surface area contributed by atoms with Crippen LogP contribution in [0.4, 0.5) is 10.2 Å². The fourth-order valence-electron chi connectivity index (χ4n) is 4.10. The van der Waals surface area contributed by atoms with Crippen molar-refractivity contribution in [3.63, 3.8) is 0 Å². The van der Waals surface area contributed by atoms with E-state index in [0.29, 0.717) is 5.69 Å². The average Bonchev–Trinajstić information content (AvgIpc) is 3.56. The van der Waals surface area contributed by atoms with Gasteiger partial charge in [-0.2, -0.15) is 0 Å². The van der Waals surface area contributed by atoms with Crippen LogP contribution in [0.5, 0.6) is 0 Å². The van der Waals surface area contributed by atoms with Gasteiger partial charge in [-0.3, -0.25) is 4.79 Å². The first-order valence-corrected chi connectivity index (χ1v) is 12.5. The second-order valence-corrected chi connectivity index (χ2v) is 8.45. The van der Waals surface area contributed by atoms with Crippen molar-refractivity contribution in [2.24, 2.45) is 0 Å². The van der Waals surface area contributed by atoms with E-state index >= 15 is 0 Å². The van der Waals surface area contributed by atoms with Gasteiger partial charge in [0.1, 0.15) is 17.3 Å². The molecule has 1 atom stereocenters. The molecule has 4 heterocycles. The van der Waals surface area contributed by atoms with Crippen molar-refractivity contribution in [2.45, 2.75) is 33.2 Å². The minimum Gasteiger partial charge on any atom is -0.353 e. The van der Waals surface area contributed by atoms with Crippen molar-refractivity contribution in [2.75, 3.05) is 18.0 Å². The molecule has 0 radical (unpaired) electrons. The summed E-state index contributed by atoms with van der Waals surface area (Å²) in [5.74, 6) is 0.586. The minimum absolute atomic E-state index is 0.0714. The molecule has 37 heavy (non-hydrogen) atoms. The minimum atomic E-state index is -0.178. The molecular formula is C29H31FN6O. The summed E-state index contributed by atoms with van der Waals surface area (Å²) in [6, 6.07) is 23.5. The molecule has 0 spiro atoms. The molecule has 1 saturated heterocycles. The number of halogens is 1. The molecule has 1 fully saturated rings. The van der Waals surface area contributed by atoms with E-state index in [0.717, 1.165) is 47.6 Å². The Bertz CT molecular complexity index is 1470. The number of anilines is 1. The summed E-state index contributed by atoms with van der Waals surface area (Å²) in [6.07, 6.45) is 2.69. The lowest BCUT2D eigenvalue weighted by Crippen LogP contribution is -2.37. The molecule has 8 heteroatoms. The number of carbonyl (C=O) groups is 1. The molecule has 1 amide bonds. The second-order valence-electron chi connectivity index (χ2n) is 8.45. The van der Waals surface area contributed by atoms with Gasteiger partial charge in [-0.25, -0.2) is 18.9 Å². The maximum absolute atomic E-state index is 12.7. The SMILES string of the molecule is CC.Cc1cnc2ccc(N3CC[C@H](NC(=O)c4ccc5ccccc5n4)C3)nn12.Fc1ccccc1. The number of rotatable bonds is 3. The van der Waals surface area contributed by atoms with E-state index in [9.17, 15) is 9.18 Å². The highest BCUT2D eigenvalue weighted by molar-refractivity contribution is 5.95. The van der Waals surface area contributed by atoms with Gasteiger partial charge in [0.2, 0.25) is 0 Å². The number of hydrogen-bond acceptors (Lipinski definition) is 5. The second kappa shape index (κ2) is 12.1. The van der Waals surface area contributed by atoms with Crippen molar-refractivity contribution in [1.82, 2.24) is 24.9 Å². The zero-order valence-electron chi connectivity index (χ0n) is 21.3. The summed E-state index contributed by atoms with van der Waals surface area (Å²) in [7, 11) is 0. The van der Waals surface area contributed by atoms with Gasteiger partial charge in [0.15, 0.2) is 5.65 Å². The highest BCUT2D eigenvalue weighted by Crippen LogP contribution is 2.19. The number of carbonyl (C=O) groups excluding carboxylic acids is 1. The fourth-order valence-corrected chi connectivity index (χ4v) is 4.10. The maximum atomic E-state index is 12.7. The van der Waals surface area contributed by atoms with Gasteiger partial charge in [0.05, 0.1) is 17.4 Å². The summed E-state index contributed by atoms with van der Waals surface area (Å²) in [6.45, 7) is 7.56. The first kappa shape index (κ1) is 25.8. The van der Waals surface area contributed by atoms with Crippen LogP contribution in [0, 0.1) is 12.7 Å². The molecule has 0 saturated carbocycles. The number of amides is 1. The summed E-state index contributed by atoms with van der Waals surface area (Å²) in [4.78, 5) is 23.6. The predicted octanol–water partition coefficient (Wildman–Crippen LogP) is 5.45. The van der Waals surface area contributed by atoms with Crippen molar-refractivity contribution < 1.29 is 9.18 Å². The first-order chi connectivity index (χ1) is 18.1. The fraction of sp³-hybridized carbons (Fsp3) is 0.241. The van der Waals surface area contributed by atoms with Gasteiger partial charge in [-0.1, -0.05) is 56.3 Å². The number of aromatic nitrogens is 4. The quantitative estimate of drug-likeness (QED) is 0.358. The summed E-state index contributed by atoms with van der Waals surface area (Å²) < 4.78 is 13.8. The molecule has 6 rings (SSSR count). The van der Waals surface area contributed by atoms with Crippen LogP contribution >= 0.6 is 0 Å². The van der Waals surface area contributed by atoms with Crippen LogP contribution in [0.2, 0.25) is 0 Å². The van der Waals surface area contributed by atoms with E-state index in [1.165, 1.54) is 12.1 Å². The number of hydrogen-bond donors (Lipinski definition) is 1.